The summed E-state index contributed by atoms with van der Waals surface area (Å²) in [7, 11) is 0. The number of carboxylic acids is 1. The number of halogens is 1. The van der Waals surface area contributed by atoms with Gasteiger partial charge in [0, 0.05) is 30.6 Å². The van der Waals surface area contributed by atoms with Crippen LogP contribution in [0, 0.1) is 5.41 Å². The molecule has 4 heteroatoms. The summed E-state index contributed by atoms with van der Waals surface area (Å²) >= 11 is 5.96. The molecule has 0 amide bonds. The molecule has 1 heterocycles. The molecule has 0 spiro atoms. The molecule has 1 saturated heterocycles. The van der Waals surface area contributed by atoms with Crippen molar-refractivity contribution in [1.29, 1.82) is 0 Å². The van der Waals surface area contributed by atoms with Gasteiger partial charge < -0.3 is 5.11 Å². The zero-order valence-corrected chi connectivity index (χ0v) is 13.8. The van der Waals surface area contributed by atoms with E-state index in [0.29, 0.717) is 11.6 Å². The van der Waals surface area contributed by atoms with E-state index in [4.69, 9.17) is 11.6 Å². The van der Waals surface area contributed by atoms with E-state index >= 15 is 0 Å². The predicted molar refractivity (Wildman–Crippen MR) is 91.7 cm³/mol. The molecule has 120 valence electrons. The molecule has 2 atom stereocenters. The summed E-state index contributed by atoms with van der Waals surface area (Å²) in [5, 5.41) is 10.5. The topological polar surface area (TPSA) is 40.5 Å². The van der Waals surface area contributed by atoms with Gasteiger partial charge in [-0.2, -0.15) is 0 Å². The highest BCUT2D eigenvalue weighted by atomic mass is 35.5. The zero-order valence-electron chi connectivity index (χ0n) is 13.1. The normalized spacial score (nSPS) is 24.7. The highest BCUT2D eigenvalue weighted by Gasteiger charge is 2.49. The minimum absolute atomic E-state index is 0.0408. The van der Waals surface area contributed by atoms with Crippen LogP contribution in [0.4, 0.5) is 0 Å². The molecule has 2 unspecified atom stereocenters. The highest BCUT2D eigenvalue weighted by Crippen LogP contribution is 2.43. The molecular formula is C19H20ClNO2. The molecule has 1 aliphatic rings. The molecule has 2 aromatic carbocycles. The van der Waals surface area contributed by atoms with E-state index in [0.717, 1.165) is 18.7 Å². The fraction of sp³-hybridized carbons (Fsp3) is 0.316. The summed E-state index contributed by atoms with van der Waals surface area (Å²) in [6, 6.07) is 17.7. The number of aliphatic carboxylic acids is 1. The Balaban J connectivity index is 1.85. The number of hydrogen-bond donors (Lipinski definition) is 1. The number of hydrogen-bond acceptors (Lipinski definition) is 2. The van der Waals surface area contributed by atoms with E-state index in [1.165, 1.54) is 5.56 Å². The average molecular weight is 330 g/mol. The van der Waals surface area contributed by atoms with Crippen molar-refractivity contribution in [2.75, 3.05) is 13.1 Å². The summed E-state index contributed by atoms with van der Waals surface area (Å²) in [6.07, 6.45) is 0. The van der Waals surface area contributed by atoms with Crippen LogP contribution in [-0.4, -0.2) is 29.1 Å². The van der Waals surface area contributed by atoms with Crippen LogP contribution in [-0.2, 0) is 11.3 Å². The second kappa shape index (κ2) is 6.34. The number of carboxylic acid groups (broad SMARTS) is 1. The van der Waals surface area contributed by atoms with Crippen molar-refractivity contribution >= 4 is 17.6 Å². The number of likely N-dealkylation sites (tertiary alicyclic amines) is 1. The second-order valence-corrected chi connectivity index (χ2v) is 6.92. The quantitative estimate of drug-likeness (QED) is 0.920. The molecule has 3 nitrogen and oxygen atoms in total. The summed E-state index contributed by atoms with van der Waals surface area (Å²) in [5.74, 6) is -0.783. The van der Waals surface area contributed by atoms with Crippen LogP contribution in [0.15, 0.2) is 54.6 Å². The van der Waals surface area contributed by atoms with Crippen molar-refractivity contribution in [2.24, 2.45) is 5.41 Å². The third-order valence-corrected chi connectivity index (χ3v) is 5.02. The molecule has 3 rings (SSSR count). The van der Waals surface area contributed by atoms with Crippen molar-refractivity contribution in [3.63, 3.8) is 0 Å². The van der Waals surface area contributed by atoms with Crippen LogP contribution < -0.4 is 0 Å². The summed E-state index contributed by atoms with van der Waals surface area (Å²) in [6.45, 7) is 3.90. The van der Waals surface area contributed by atoms with E-state index in [2.05, 4.69) is 17.0 Å². The lowest BCUT2D eigenvalue weighted by molar-refractivity contribution is -0.148. The molecule has 0 radical (unpaired) electrons. The average Bonchev–Trinajstić information content (AvgIpc) is 2.87. The van der Waals surface area contributed by atoms with Crippen LogP contribution in [0.25, 0.3) is 0 Å². The number of benzene rings is 2. The SMILES string of the molecule is CC1(C(=O)O)CN(Cc2ccccc2)CC1c1ccc(Cl)cc1. The van der Waals surface area contributed by atoms with Crippen molar-refractivity contribution in [3.8, 4) is 0 Å². The first-order valence-electron chi connectivity index (χ1n) is 7.74. The van der Waals surface area contributed by atoms with Crippen molar-refractivity contribution in [2.45, 2.75) is 19.4 Å². The van der Waals surface area contributed by atoms with Gasteiger partial charge in [0.25, 0.3) is 0 Å². The van der Waals surface area contributed by atoms with E-state index in [-0.39, 0.29) is 5.92 Å². The number of rotatable bonds is 4. The summed E-state index contributed by atoms with van der Waals surface area (Å²) in [4.78, 5) is 14.1. The van der Waals surface area contributed by atoms with Gasteiger partial charge >= 0.3 is 5.97 Å². The third-order valence-electron chi connectivity index (χ3n) is 4.77. The van der Waals surface area contributed by atoms with Gasteiger partial charge in [-0.3, -0.25) is 9.69 Å². The predicted octanol–water partition coefficient (Wildman–Crippen LogP) is 4.03. The smallest absolute Gasteiger partial charge is 0.311 e. The molecule has 0 aromatic heterocycles. The maximum Gasteiger partial charge on any atom is 0.311 e. The number of nitrogens with zero attached hydrogens (tertiary/aromatic N) is 1. The van der Waals surface area contributed by atoms with Gasteiger partial charge in [-0.25, -0.2) is 0 Å². The van der Waals surface area contributed by atoms with Crippen LogP contribution in [0.2, 0.25) is 5.02 Å². The Morgan fingerprint density at radius 2 is 1.87 bits per heavy atom. The van der Waals surface area contributed by atoms with Gasteiger partial charge in [0.15, 0.2) is 0 Å². The van der Waals surface area contributed by atoms with Crippen LogP contribution >= 0.6 is 11.6 Å². The molecule has 23 heavy (non-hydrogen) atoms. The highest BCUT2D eigenvalue weighted by molar-refractivity contribution is 6.30. The summed E-state index contributed by atoms with van der Waals surface area (Å²) in [5.41, 5.74) is 1.45. The molecule has 1 fully saturated rings. The van der Waals surface area contributed by atoms with Gasteiger partial charge in [0.2, 0.25) is 0 Å². The zero-order chi connectivity index (χ0) is 16.4. The minimum atomic E-state index is -0.789. The van der Waals surface area contributed by atoms with Crippen LogP contribution in [0.5, 0.6) is 0 Å². The van der Waals surface area contributed by atoms with E-state index in [1.54, 1.807) is 0 Å². The maximum atomic E-state index is 11.9. The second-order valence-electron chi connectivity index (χ2n) is 6.48. The van der Waals surface area contributed by atoms with Gasteiger partial charge in [-0.1, -0.05) is 54.1 Å². The monoisotopic (exact) mass is 329 g/mol. The van der Waals surface area contributed by atoms with E-state index < -0.39 is 11.4 Å². The Morgan fingerprint density at radius 1 is 1.22 bits per heavy atom. The first-order chi connectivity index (χ1) is 11.0. The summed E-state index contributed by atoms with van der Waals surface area (Å²) < 4.78 is 0. The van der Waals surface area contributed by atoms with E-state index in [1.807, 2.05) is 49.4 Å². The van der Waals surface area contributed by atoms with Gasteiger partial charge in [-0.05, 0) is 30.2 Å². The Labute approximate surface area is 141 Å². The molecular weight excluding hydrogens is 310 g/mol. The molecule has 1 aliphatic heterocycles. The third kappa shape index (κ3) is 3.26. The Morgan fingerprint density at radius 3 is 2.48 bits per heavy atom. The lowest BCUT2D eigenvalue weighted by Gasteiger charge is -2.26. The van der Waals surface area contributed by atoms with Crippen LogP contribution in [0.1, 0.15) is 24.0 Å². The van der Waals surface area contributed by atoms with Crippen molar-refractivity contribution in [1.82, 2.24) is 4.90 Å². The van der Waals surface area contributed by atoms with Gasteiger partial charge in [-0.15, -0.1) is 0 Å². The minimum Gasteiger partial charge on any atom is -0.481 e. The lowest BCUT2D eigenvalue weighted by Crippen LogP contribution is -2.35. The fourth-order valence-electron chi connectivity index (χ4n) is 3.45. The largest absolute Gasteiger partial charge is 0.481 e. The van der Waals surface area contributed by atoms with Crippen molar-refractivity contribution < 1.29 is 9.90 Å². The molecule has 1 N–H and O–H groups in total. The first-order valence-corrected chi connectivity index (χ1v) is 8.12. The Hall–Kier alpha value is -1.84. The lowest BCUT2D eigenvalue weighted by atomic mass is 9.76. The van der Waals surface area contributed by atoms with Crippen LogP contribution in [0.3, 0.4) is 0 Å². The standard InChI is InChI=1S/C19H20ClNO2/c1-19(18(22)23)13-21(11-14-5-3-2-4-6-14)12-17(19)15-7-9-16(20)10-8-15/h2-10,17H,11-13H2,1H3,(H,22,23). The molecule has 0 bridgehead atoms. The fourth-order valence-corrected chi connectivity index (χ4v) is 3.57. The maximum absolute atomic E-state index is 11.9. The van der Waals surface area contributed by atoms with Gasteiger partial charge in [0.1, 0.15) is 0 Å². The first kappa shape index (κ1) is 16.0. The van der Waals surface area contributed by atoms with E-state index in [9.17, 15) is 9.90 Å². The molecule has 0 aliphatic carbocycles. The Kier molecular flexibility index (Phi) is 4.42. The molecule has 2 aromatic rings. The van der Waals surface area contributed by atoms with Gasteiger partial charge in [0.05, 0.1) is 5.41 Å². The van der Waals surface area contributed by atoms with Crippen molar-refractivity contribution in [3.05, 3.63) is 70.7 Å². The Bertz CT molecular complexity index is 686. The number of carbonyl (C=O) groups is 1. The molecule has 0 saturated carbocycles.